The fourth-order valence-electron chi connectivity index (χ4n) is 5.18. The first-order valence-electron chi connectivity index (χ1n) is 13.2. The van der Waals surface area contributed by atoms with Crippen molar-refractivity contribution >= 4 is 34.2 Å². The minimum Gasteiger partial charge on any atom is -0.497 e. The first-order chi connectivity index (χ1) is 19.1. The molecule has 1 N–H and O–H groups in total. The van der Waals surface area contributed by atoms with Gasteiger partial charge in [0.1, 0.15) is 29.6 Å². The summed E-state index contributed by atoms with van der Waals surface area (Å²) in [6.45, 7) is 0.192. The second-order valence-corrected chi connectivity index (χ2v) is 10.7. The van der Waals surface area contributed by atoms with Crippen LogP contribution in [0.4, 0.5) is 0 Å². The molecule has 0 unspecified atom stereocenters. The molecule has 0 aliphatic heterocycles. The number of fused-ring (bicyclic) bond motifs is 1. The van der Waals surface area contributed by atoms with Gasteiger partial charge in [-0.2, -0.15) is 0 Å². The number of aromatic nitrogens is 3. The molecule has 2 aromatic heterocycles. The van der Waals surface area contributed by atoms with Gasteiger partial charge in [-0.1, -0.05) is 42.7 Å². The van der Waals surface area contributed by atoms with E-state index < -0.39 is 6.04 Å². The third-order valence-corrected chi connectivity index (χ3v) is 8.04. The van der Waals surface area contributed by atoms with E-state index in [1.54, 1.807) is 53.3 Å². The summed E-state index contributed by atoms with van der Waals surface area (Å²) in [5.41, 5.74) is 2.03. The largest absolute Gasteiger partial charge is 0.497 e. The molecule has 2 amide bonds. The van der Waals surface area contributed by atoms with Crippen LogP contribution < -0.4 is 14.8 Å². The highest BCUT2D eigenvalue weighted by atomic mass is 32.1. The van der Waals surface area contributed by atoms with Crippen molar-refractivity contribution in [3.8, 4) is 11.5 Å². The number of para-hydroxylation sites is 1. The van der Waals surface area contributed by atoms with Crippen molar-refractivity contribution in [3.05, 3.63) is 70.4 Å². The lowest BCUT2D eigenvalue weighted by Gasteiger charge is -2.34. The number of carbonyl (C=O) groups is 2. The van der Waals surface area contributed by atoms with E-state index in [0.29, 0.717) is 22.6 Å². The lowest BCUT2D eigenvalue weighted by Crippen LogP contribution is -2.47. The summed E-state index contributed by atoms with van der Waals surface area (Å²) in [7, 11) is 3.14. The van der Waals surface area contributed by atoms with Gasteiger partial charge in [-0.05, 0) is 54.6 Å². The first-order valence-corrected chi connectivity index (χ1v) is 14.1. The number of benzene rings is 2. The van der Waals surface area contributed by atoms with Gasteiger partial charge in [0.25, 0.3) is 0 Å². The summed E-state index contributed by atoms with van der Waals surface area (Å²) in [5.74, 6) is 0.594. The molecule has 39 heavy (non-hydrogen) atoms. The van der Waals surface area contributed by atoms with E-state index in [-0.39, 0.29) is 30.9 Å². The third kappa shape index (κ3) is 6.06. The second kappa shape index (κ2) is 12.3. The van der Waals surface area contributed by atoms with Crippen LogP contribution in [0.2, 0.25) is 0 Å². The van der Waals surface area contributed by atoms with E-state index >= 15 is 0 Å². The summed E-state index contributed by atoms with van der Waals surface area (Å²) in [5, 5.41) is 13.6. The zero-order valence-corrected chi connectivity index (χ0v) is 23.0. The molecule has 0 radical (unpaired) electrons. The highest BCUT2D eigenvalue weighted by Gasteiger charge is 2.36. The molecular formula is C29H33N5O4S. The average Bonchev–Trinajstić information content (AvgIpc) is 3.63. The molecule has 1 aliphatic carbocycles. The van der Waals surface area contributed by atoms with Crippen molar-refractivity contribution in [2.75, 3.05) is 14.2 Å². The van der Waals surface area contributed by atoms with E-state index in [9.17, 15) is 9.59 Å². The zero-order chi connectivity index (χ0) is 27.2. The van der Waals surface area contributed by atoms with Crippen LogP contribution in [-0.2, 0) is 22.7 Å². The number of ether oxygens (including phenoxy) is 2. The Labute approximate surface area is 231 Å². The van der Waals surface area contributed by atoms with Crippen molar-refractivity contribution in [2.45, 2.75) is 57.3 Å². The molecule has 1 atom stereocenters. The maximum absolute atomic E-state index is 14.1. The topological polar surface area (TPSA) is 98.6 Å². The van der Waals surface area contributed by atoms with Crippen LogP contribution in [0.15, 0.2) is 60.0 Å². The summed E-state index contributed by atoms with van der Waals surface area (Å²) in [6.07, 6.45) is 5.19. The van der Waals surface area contributed by atoms with Gasteiger partial charge in [-0.3, -0.25) is 9.59 Å². The molecular weight excluding hydrogens is 514 g/mol. The van der Waals surface area contributed by atoms with Crippen LogP contribution in [0.25, 0.3) is 11.0 Å². The molecule has 9 nitrogen and oxygen atoms in total. The number of nitrogens with zero attached hydrogens (tertiary/aromatic N) is 4. The normalized spacial score (nSPS) is 14.6. The standard InChI is InChI=1S/C29H33N5O4S/c1-37-21-14-15-26(38-2)23(17-21)28(29(36)30-20-9-4-3-5-10-20)33(18-22-11-8-16-39-22)27(35)19-34-25-13-7-6-12-24(25)31-32-34/h6-8,11-17,20,28H,3-5,9-10,18-19H2,1-2H3,(H,30,36)/t28-/m1/s1. The molecule has 1 fully saturated rings. The minimum absolute atomic E-state index is 0.0641. The monoisotopic (exact) mass is 547 g/mol. The fraction of sp³-hybridized carbons (Fsp3) is 0.379. The van der Waals surface area contributed by atoms with Gasteiger partial charge in [-0.15, -0.1) is 16.4 Å². The van der Waals surface area contributed by atoms with E-state index in [2.05, 4.69) is 15.6 Å². The van der Waals surface area contributed by atoms with Crippen LogP contribution in [0.1, 0.15) is 48.6 Å². The molecule has 10 heteroatoms. The maximum atomic E-state index is 14.1. The Morgan fingerprint density at radius 2 is 1.90 bits per heavy atom. The number of thiophene rings is 1. The van der Waals surface area contributed by atoms with Crippen LogP contribution in [-0.4, -0.2) is 52.0 Å². The molecule has 2 aromatic carbocycles. The Kier molecular flexibility index (Phi) is 8.41. The summed E-state index contributed by atoms with van der Waals surface area (Å²) in [6, 6.07) is 15.9. The van der Waals surface area contributed by atoms with Gasteiger partial charge in [0.05, 0.1) is 26.3 Å². The van der Waals surface area contributed by atoms with E-state index in [1.807, 2.05) is 41.8 Å². The predicted octanol–water partition coefficient (Wildman–Crippen LogP) is 4.73. The summed E-state index contributed by atoms with van der Waals surface area (Å²) < 4.78 is 12.8. The first kappa shape index (κ1) is 26.7. The van der Waals surface area contributed by atoms with Crippen molar-refractivity contribution < 1.29 is 19.1 Å². The molecule has 0 spiro atoms. The lowest BCUT2D eigenvalue weighted by molar-refractivity contribution is -0.142. The van der Waals surface area contributed by atoms with Crippen LogP contribution in [0.5, 0.6) is 11.5 Å². The van der Waals surface area contributed by atoms with Crippen molar-refractivity contribution in [3.63, 3.8) is 0 Å². The van der Waals surface area contributed by atoms with Gasteiger partial charge >= 0.3 is 0 Å². The van der Waals surface area contributed by atoms with E-state index in [1.165, 1.54) is 6.42 Å². The third-order valence-electron chi connectivity index (χ3n) is 7.17. The fourth-order valence-corrected chi connectivity index (χ4v) is 5.88. The van der Waals surface area contributed by atoms with Gasteiger partial charge < -0.3 is 19.7 Å². The lowest BCUT2D eigenvalue weighted by atomic mass is 9.94. The van der Waals surface area contributed by atoms with E-state index in [4.69, 9.17) is 9.47 Å². The van der Waals surface area contributed by atoms with Crippen molar-refractivity contribution in [1.29, 1.82) is 0 Å². The molecule has 0 bridgehead atoms. The zero-order valence-electron chi connectivity index (χ0n) is 22.2. The highest BCUT2D eigenvalue weighted by molar-refractivity contribution is 7.09. The van der Waals surface area contributed by atoms with Gasteiger partial charge in [-0.25, -0.2) is 4.68 Å². The van der Waals surface area contributed by atoms with Crippen molar-refractivity contribution in [1.82, 2.24) is 25.2 Å². The van der Waals surface area contributed by atoms with Crippen LogP contribution >= 0.6 is 11.3 Å². The smallest absolute Gasteiger partial charge is 0.247 e. The number of hydrogen-bond acceptors (Lipinski definition) is 7. The Bertz CT molecular complexity index is 1410. The Balaban J connectivity index is 1.56. The Hall–Kier alpha value is -3.92. The number of rotatable bonds is 10. The number of methoxy groups -OCH3 is 2. The molecule has 204 valence electrons. The van der Waals surface area contributed by atoms with Crippen LogP contribution in [0.3, 0.4) is 0 Å². The van der Waals surface area contributed by atoms with Gasteiger partial charge in [0.15, 0.2) is 0 Å². The number of nitrogens with one attached hydrogen (secondary N) is 1. The molecule has 2 heterocycles. The molecule has 1 aliphatic rings. The summed E-state index contributed by atoms with van der Waals surface area (Å²) >= 11 is 1.54. The molecule has 1 saturated carbocycles. The maximum Gasteiger partial charge on any atom is 0.247 e. The van der Waals surface area contributed by atoms with Gasteiger partial charge in [0.2, 0.25) is 11.8 Å². The number of amides is 2. The predicted molar refractivity (Wildman–Crippen MR) is 150 cm³/mol. The van der Waals surface area contributed by atoms with Gasteiger partial charge in [0, 0.05) is 16.5 Å². The Morgan fingerprint density at radius 3 is 2.64 bits per heavy atom. The molecule has 0 saturated heterocycles. The van der Waals surface area contributed by atoms with Crippen LogP contribution in [0, 0.1) is 0 Å². The SMILES string of the molecule is COc1ccc(OC)c([C@H](C(=O)NC2CCCCC2)N(Cc2cccs2)C(=O)Cn2nnc3ccccc32)c1. The van der Waals surface area contributed by atoms with E-state index in [0.717, 1.165) is 36.1 Å². The van der Waals surface area contributed by atoms with Crippen molar-refractivity contribution in [2.24, 2.45) is 0 Å². The summed E-state index contributed by atoms with van der Waals surface area (Å²) in [4.78, 5) is 30.9. The molecule has 4 aromatic rings. The average molecular weight is 548 g/mol. The minimum atomic E-state index is -0.943. The number of hydrogen-bond donors (Lipinski definition) is 1. The molecule has 5 rings (SSSR count). The highest BCUT2D eigenvalue weighted by Crippen LogP contribution is 2.35. The number of carbonyl (C=O) groups excluding carboxylic acids is 2. The second-order valence-electron chi connectivity index (χ2n) is 9.69. The Morgan fingerprint density at radius 1 is 1.08 bits per heavy atom. The quantitative estimate of drug-likeness (QED) is 0.308.